The van der Waals surface area contributed by atoms with Crippen molar-refractivity contribution in [3.05, 3.63) is 59.2 Å². The summed E-state index contributed by atoms with van der Waals surface area (Å²) in [5, 5.41) is 16.5. The predicted molar refractivity (Wildman–Crippen MR) is 170 cm³/mol. The highest BCUT2D eigenvalue weighted by Gasteiger charge is 2.78. The number of nitrogens with one attached hydrogen (secondary N) is 3. The van der Waals surface area contributed by atoms with Crippen molar-refractivity contribution < 1.29 is 27.6 Å². The number of amides is 3. The van der Waals surface area contributed by atoms with Gasteiger partial charge in [0.25, 0.3) is 11.8 Å². The van der Waals surface area contributed by atoms with Gasteiger partial charge in [-0.05, 0) is 49.3 Å². The van der Waals surface area contributed by atoms with Gasteiger partial charge in [-0.2, -0.15) is 10.2 Å². The van der Waals surface area contributed by atoms with E-state index >= 15 is 4.39 Å². The van der Waals surface area contributed by atoms with Crippen LogP contribution in [-0.2, 0) is 22.4 Å². The van der Waals surface area contributed by atoms with Crippen LogP contribution in [0.1, 0.15) is 71.9 Å². The molecule has 3 aromatic rings. The average molecular weight is 665 g/mol. The summed E-state index contributed by atoms with van der Waals surface area (Å²) < 4.78 is 45.7. The SMILES string of the molecule is C[C@@]12Cc3[nH]nc(C(=O)Nc4cnn([C@H]5CCN(C[C@@H]6CCN(c7ccc(C8CCC(=O)NC8=O)cc7)C6)C[C@@H]5F)c4)c3C[C@@H]1C2(F)F. The molecule has 3 aliphatic heterocycles. The lowest BCUT2D eigenvalue weighted by Gasteiger charge is -2.36. The first-order chi connectivity index (χ1) is 23.0. The number of halogens is 3. The summed E-state index contributed by atoms with van der Waals surface area (Å²) in [5.74, 6) is -4.37. The summed E-state index contributed by atoms with van der Waals surface area (Å²) in [6.45, 7) is 5.20. The summed E-state index contributed by atoms with van der Waals surface area (Å²) >= 11 is 0. The molecule has 0 spiro atoms. The average Bonchev–Trinajstić information content (AvgIpc) is 3.66. The third kappa shape index (κ3) is 5.28. The maximum Gasteiger partial charge on any atom is 0.276 e. The van der Waals surface area contributed by atoms with Gasteiger partial charge >= 0.3 is 0 Å². The zero-order chi connectivity index (χ0) is 33.4. The molecule has 11 nitrogen and oxygen atoms in total. The lowest BCUT2D eigenvalue weighted by molar-refractivity contribution is -0.134. The number of fused-ring (bicyclic) bond motifs is 2. The highest BCUT2D eigenvalue weighted by atomic mass is 19.3. The van der Waals surface area contributed by atoms with Gasteiger partial charge in [0.1, 0.15) is 6.17 Å². The van der Waals surface area contributed by atoms with Crippen LogP contribution in [0.15, 0.2) is 36.7 Å². The predicted octanol–water partition coefficient (Wildman–Crippen LogP) is 3.86. The van der Waals surface area contributed by atoms with E-state index in [1.165, 1.54) is 6.20 Å². The minimum absolute atomic E-state index is 0.109. The summed E-state index contributed by atoms with van der Waals surface area (Å²) in [7, 11) is 0. The first kappa shape index (κ1) is 31.1. The molecule has 3 saturated heterocycles. The van der Waals surface area contributed by atoms with E-state index in [-0.39, 0.29) is 36.3 Å². The first-order valence-electron chi connectivity index (χ1n) is 16.8. The Balaban J connectivity index is 0.822. The van der Waals surface area contributed by atoms with E-state index < -0.39 is 35.4 Å². The van der Waals surface area contributed by atoms with Crippen molar-refractivity contribution in [1.29, 1.82) is 0 Å². The van der Waals surface area contributed by atoms with E-state index in [1.54, 1.807) is 17.8 Å². The second-order valence-corrected chi connectivity index (χ2v) is 14.5. The number of alkyl halides is 3. The molecule has 1 saturated carbocycles. The van der Waals surface area contributed by atoms with Gasteiger partial charge in [-0.1, -0.05) is 19.1 Å². The van der Waals surface area contributed by atoms with Crippen LogP contribution < -0.4 is 15.5 Å². The summed E-state index contributed by atoms with van der Waals surface area (Å²) in [6, 6.07) is 7.57. The zero-order valence-corrected chi connectivity index (χ0v) is 26.7. The Labute approximate surface area is 275 Å². The third-order valence-electron chi connectivity index (χ3n) is 11.5. The van der Waals surface area contributed by atoms with Gasteiger partial charge in [-0.25, -0.2) is 13.2 Å². The Morgan fingerprint density at radius 3 is 2.69 bits per heavy atom. The first-order valence-corrected chi connectivity index (χ1v) is 16.8. The van der Waals surface area contributed by atoms with Crippen molar-refractivity contribution in [1.82, 2.24) is 30.2 Å². The topological polar surface area (TPSA) is 128 Å². The van der Waals surface area contributed by atoms with Crippen molar-refractivity contribution in [2.45, 2.75) is 69.5 Å². The molecule has 48 heavy (non-hydrogen) atoms. The molecule has 0 radical (unpaired) electrons. The van der Waals surface area contributed by atoms with Crippen molar-refractivity contribution in [3.63, 3.8) is 0 Å². The van der Waals surface area contributed by atoms with E-state index in [0.29, 0.717) is 48.7 Å². The number of aromatic amines is 1. The number of aromatic nitrogens is 4. The lowest BCUT2D eigenvalue weighted by Crippen LogP contribution is -2.45. The number of imide groups is 1. The van der Waals surface area contributed by atoms with Gasteiger partial charge in [-0.15, -0.1) is 0 Å². The Morgan fingerprint density at radius 2 is 1.92 bits per heavy atom. The number of H-pyrrole nitrogens is 1. The second kappa shape index (κ2) is 11.5. The summed E-state index contributed by atoms with van der Waals surface area (Å²) in [4.78, 5) is 41.3. The van der Waals surface area contributed by atoms with Crippen molar-refractivity contribution in [3.8, 4) is 0 Å². The number of likely N-dealkylation sites (tertiary alicyclic amines) is 1. The fourth-order valence-electron chi connectivity index (χ4n) is 8.50. The molecular formula is C34H39F3N8O3. The fraction of sp³-hybridized carbons (Fsp3) is 0.559. The number of carbonyl (C=O) groups is 3. The Kier molecular flexibility index (Phi) is 7.42. The number of rotatable bonds is 7. The van der Waals surface area contributed by atoms with Gasteiger partial charge in [-0.3, -0.25) is 34.4 Å². The van der Waals surface area contributed by atoms with Crippen LogP contribution in [0.2, 0.25) is 0 Å². The minimum Gasteiger partial charge on any atom is -0.371 e. The smallest absolute Gasteiger partial charge is 0.276 e. The van der Waals surface area contributed by atoms with E-state index in [9.17, 15) is 23.2 Å². The van der Waals surface area contributed by atoms with Crippen LogP contribution in [0.25, 0.3) is 0 Å². The molecular weight excluding hydrogens is 625 g/mol. The molecule has 4 fully saturated rings. The molecule has 8 rings (SSSR count). The van der Waals surface area contributed by atoms with Gasteiger partial charge in [0.05, 0.1) is 23.8 Å². The van der Waals surface area contributed by atoms with E-state index in [0.717, 1.165) is 43.9 Å². The number of piperidine rings is 2. The Morgan fingerprint density at radius 1 is 1.10 bits per heavy atom. The third-order valence-corrected chi connectivity index (χ3v) is 11.5. The number of anilines is 2. The quantitative estimate of drug-likeness (QED) is 0.328. The van der Waals surface area contributed by atoms with Gasteiger partial charge in [0, 0.05) is 80.0 Å². The van der Waals surface area contributed by atoms with Crippen molar-refractivity contribution >= 4 is 29.1 Å². The maximum absolute atomic E-state index is 15.5. The van der Waals surface area contributed by atoms with Gasteiger partial charge < -0.3 is 10.2 Å². The van der Waals surface area contributed by atoms with Crippen LogP contribution in [-0.4, -0.2) is 87.4 Å². The molecule has 2 aliphatic carbocycles. The monoisotopic (exact) mass is 664 g/mol. The highest BCUT2D eigenvalue weighted by Crippen LogP contribution is 2.70. The maximum atomic E-state index is 15.5. The second-order valence-electron chi connectivity index (χ2n) is 14.5. The zero-order valence-electron chi connectivity index (χ0n) is 26.7. The molecule has 6 atom stereocenters. The van der Waals surface area contributed by atoms with Crippen LogP contribution in [0, 0.1) is 17.3 Å². The van der Waals surface area contributed by atoms with Crippen LogP contribution >= 0.6 is 0 Å². The summed E-state index contributed by atoms with van der Waals surface area (Å²) in [5.41, 5.74) is 2.59. The van der Waals surface area contributed by atoms with E-state index in [2.05, 4.69) is 35.7 Å². The van der Waals surface area contributed by atoms with Crippen LogP contribution in [0.5, 0.6) is 0 Å². The fourth-order valence-corrected chi connectivity index (χ4v) is 8.50. The minimum atomic E-state index is -2.74. The Bertz CT molecular complexity index is 1760. The van der Waals surface area contributed by atoms with Crippen molar-refractivity contribution in [2.24, 2.45) is 17.3 Å². The molecule has 1 aromatic carbocycles. The number of benzene rings is 1. The molecule has 3 N–H and O–H groups in total. The van der Waals surface area contributed by atoms with Crippen LogP contribution in [0.4, 0.5) is 24.5 Å². The normalized spacial score (nSPS) is 31.2. The number of nitrogens with zero attached hydrogens (tertiary/aromatic N) is 5. The molecule has 254 valence electrons. The highest BCUT2D eigenvalue weighted by molar-refractivity contribution is 6.04. The summed E-state index contributed by atoms with van der Waals surface area (Å²) in [6.07, 6.45) is 4.71. The molecule has 5 heterocycles. The molecule has 2 aromatic heterocycles. The number of hydrogen-bond donors (Lipinski definition) is 3. The van der Waals surface area contributed by atoms with Crippen molar-refractivity contribution in [2.75, 3.05) is 42.9 Å². The van der Waals surface area contributed by atoms with Gasteiger partial charge in [0.15, 0.2) is 5.69 Å². The molecule has 5 aliphatic rings. The molecule has 1 unspecified atom stereocenters. The van der Waals surface area contributed by atoms with E-state index in [1.807, 2.05) is 24.3 Å². The standard InChI is InChI=1S/C34H39F3N8O3/c1-33-13-26-24(12-28(33)34(33,36)37)30(42-41-26)32(48)39-21-14-38-45(17-21)27-9-10-43(18-25(27)35)15-19-8-11-44(16-19)22-4-2-20(3-5-22)23-6-7-29(46)40-31(23)47/h2-5,14,17,19,23,25,27-28H,6-13,15-16,18H2,1H3,(H,39,48)(H,41,42)(H,40,46,47)/t19-,23?,25-,27-,28-,33+/m0/s1. The van der Waals surface area contributed by atoms with Crippen LogP contribution in [0.3, 0.4) is 0 Å². The molecule has 3 amide bonds. The largest absolute Gasteiger partial charge is 0.371 e. The molecule has 0 bridgehead atoms. The van der Waals surface area contributed by atoms with E-state index in [4.69, 9.17) is 0 Å². The number of carbonyl (C=O) groups excluding carboxylic acids is 3. The van der Waals surface area contributed by atoms with Gasteiger partial charge in [0.2, 0.25) is 11.8 Å². The number of hydrogen-bond acceptors (Lipinski definition) is 7. The molecule has 14 heteroatoms. The lowest BCUT2D eigenvalue weighted by atomic mass is 9.87. The Hall–Kier alpha value is -4.20.